The third kappa shape index (κ3) is 3.09. The predicted octanol–water partition coefficient (Wildman–Crippen LogP) is 3.67. The van der Waals surface area contributed by atoms with Crippen LogP contribution >= 0.6 is 0 Å². The van der Waals surface area contributed by atoms with Gasteiger partial charge in [0.05, 0.1) is 0 Å². The molecule has 1 spiro atoms. The van der Waals surface area contributed by atoms with E-state index in [-0.39, 0.29) is 17.6 Å². The first-order chi connectivity index (χ1) is 10.7. The number of benzene rings is 1. The summed E-state index contributed by atoms with van der Waals surface area (Å²) in [6.45, 7) is 9.35. The normalized spacial score (nSPS) is 23.0. The van der Waals surface area contributed by atoms with Crippen LogP contribution in [0.25, 0.3) is 0 Å². The average molecular weight is 316 g/mol. The quantitative estimate of drug-likeness (QED) is 0.794. The van der Waals surface area contributed by atoms with E-state index in [2.05, 4.69) is 25.1 Å². The van der Waals surface area contributed by atoms with E-state index in [1.165, 1.54) is 16.7 Å². The van der Waals surface area contributed by atoms with Crippen molar-refractivity contribution in [3.8, 4) is 0 Å². The van der Waals surface area contributed by atoms with Crippen LogP contribution in [0.5, 0.6) is 0 Å². The highest BCUT2D eigenvalue weighted by molar-refractivity contribution is 5.68. The van der Waals surface area contributed by atoms with E-state index in [0.717, 1.165) is 32.4 Å². The lowest BCUT2D eigenvalue weighted by atomic mass is 9.73. The number of nitrogens with zero attached hydrogens (tertiary/aromatic N) is 1. The number of aryl methyl sites for hydroxylation is 1. The maximum atomic E-state index is 12.3. The standard InChI is InChI=1S/C19H28N2O2/c1-13-5-6-14-15(11-13)19(12-16(14)20)7-9-21(10-8-19)17(22)23-18(2,3)4/h5-6,11,16H,7-10,12,20H2,1-4H3. The van der Waals surface area contributed by atoms with Gasteiger partial charge in [-0.2, -0.15) is 0 Å². The van der Waals surface area contributed by atoms with E-state index in [4.69, 9.17) is 10.5 Å². The molecule has 2 N–H and O–H groups in total. The molecule has 1 aromatic carbocycles. The molecule has 3 rings (SSSR count). The van der Waals surface area contributed by atoms with Crippen LogP contribution in [0.4, 0.5) is 4.79 Å². The molecular weight excluding hydrogens is 288 g/mol. The molecule has 1 heterocycles. The lowest BCUT2D eigenvalue weighted by Gasteiger charge is -2.40. The molecule has 1 aromatic rings. The molecule has 2 aliphatic rings. The number of hydrogen-bond acceptors (Lipinski definition) is 3. The Kier molecular flexibility index (Phi) is 3.91. The molecule has 4 heteroatoms. The van der Waals surface area contributed by atoms with Crippen molar-refractivity contribution in [1.82, 2.24) is 4.90 Å². The third-order valence-electron chi connectivity index (χ3n) is 5.16. The summed E-state index contributed by atoms with van der Waals surface area (Å²) < 4.78 is 5.50. The predicted molar refractivity (Wildman–Crippen MR) is 91.4 cm³/mol. The van der Waals surface area contributed by atoms with E-state index in [1.807, 2.05) is 25.7 Å². The molecular formula is C19H28N2O2. The van der Waals surface area contributed by atoms with Crippen LogP contribution in [0, 0.1) is 6.92 Å². The highest BCUT2D eigenvalue weighted by Gasteiger charge is 2.45. The van der Waals surface area contributed by atoms with Gasteiger partial charge in [0.2, 0.25) is 0 Å². The number of amides is 1. The number of hydrogen-bond donors (Lipinski definition) is 1. The zero-order chi connectivity index (χ0) is 16.8. The summed E-state index contributed by atoms with van der Waals surface area (Å²) in [7, 11) is 0. The first-order valence-corrected chi connectivity index (χ1v) is 8.55. The molecule has 1 amide bonds. The number of carbonyl (C=O) groups excluding carboxylic acids is 1. The first kappa shape index (κ1) is 16.3. The summed E-state index contributed by atoms with van der Waals surface area (Å²) in [5.74, 6) is 0. The Bertz CT molecular complexity index is 610. The number of piperidine rings is 1. The van der Waals surface area contributed by atoms with Gasteiger partial charge in [0.15, 0.2) is 0 Å². The second-order valence-corrected chi connectivity index (χ2v) is 8.15. The Hall–Kier alpha value is -1.55. The van der Waals surface area contributed by atoms with Crippen molar-refractivity contribution >= 4 is 6.09 Å². The van der Waals surface area contributed by atoms with E-state index in [0.29, 0.717) is 0 Å². The minimum Gasteiger partial charge on any atom is -0.444 e. The van der Waals surface area contributed by atoms with E-state index < -0.39 is 5.60 Å². The topological polar surface area (TPSA) is 55.6 Å². The smallest absolute Gasteiger partial charge is 0.410 e. The summed E-state index contributed by atoms with van der Waals surface area (Å²) >= 11 is 0. The highest BCUT2D eigenvalue weighted by Crippen LogP contribution is 2.50. The summed E-state index contributed by atoms with van der Waals surface area (Å²) in [5.41, 5.74) is 10.1. The van der Waals surface area contributed by atoms with Crippen LogP contribution < -0.4 is 5.73 Å². The Balaban J connectivity index is 1.75. The fourth-order valence-electron chi connectivity index (χ4n) is 4.01. The molecule has 1 saturated heterocycles. The Morgan fingerprint density at radius 1 is 1.30 bits per heavy atom. The fourth-order valence-corrected chi connectivity index (χ4v) is 4.01. The van der Waals surface area contributed by atoms with Gasteiger partial charge in [-0.3, -0.25) is 0 Å². The van der Waals surface area contributed by atoms with Crippen LogP contribution in [0.15, 0.2) is 18.2 Å². The van der Waals surface area contributed by atoms with Crippen molar-refractivity contribution in [3.05, 3.63) is 34.9 Å². The molecule has 0 saturated carbocycles. The van der Waals surface area contributed by atoms with E-state index in [9.17, 15) is 4.79 Å². The maximum absolute atomic E-state index is 12.3. The van der Waals surface area contributed by atoms with Crippen LogP contribution in [0.1, 0.15) is 62.8 Å². The Labute approximate surface area is 139 Å². The maximum Gasteiger partial charge on any atom is 0.410 e. The van der Waals surface area contributed by atoms with Crippen molar-refractivity contribution in [3.63, 3.8) is 0 Å². The second-order valence-electron chi connectivity index (χ2n) is 8.15. The number of carbonyl (C=O) groups is 1. The Morgan fingerprint density at radius 2 is 1.96 bits per heavy atom. The van der Waals surface area contributed by atoms with Crippen molar-refractivity contribution in [1.29, 1.82) is 0 Å². The van der Waals surface area contributed by atoms with E-state index >= 15 is 0 Å². The monoisotopic (exact) mass is 316 g/mol. The number of fused-ring (bicyclic) bond motifs is 2. The molecule has 1 atom stereocenters. The minimum absolute atomic E-state index is 0.124. The number of nitrogens with two attached hydrogens (primary N) is 1. The summed E-state index contributed by atoms with van der Waals surface area (Å²) in [6, 6.07) is 6.75. The van der Waals surface area contributed by atoms with Gasteiger partial charge in [0, 0.05) is 24.5 Å². The van der Waals surface area contributed by atoms with E-state index in [1.54, 1.807) is 0 Å². The molecule has 126 valence electrons. The highest BCUT2D eigenvalue weighted by atomic mass is 16.6. The number of rotatable bonds is 0. The zero-order valence-electron chi connectivity index (χ0n) is 14.7. The van der Waals surface area contributed by atoms with Gasteiger partial charge in [-0.1, -0.05) is 23.8 Å². The summed E-state index contributed by atoms with van der Waals surface area (Å²) in [5, 5.41) is 0. The SMILES string of the molecule is Cc1ccc2c(c1)C1(CCN(C(=O)OC(C)(C)C)CC1)CC2N. The lowest BCUT2D eigenvalue weighted by Crippen LogP contribution is -2.46. The van der Waals surface area contributed by atoms with Gasteiger partial charge in [-0.25, -0.2) is 4.79 Å². The molecule has 1 fully saturated rings. The number of likely N-dealkylation sites (tertiary alicyclic amines) is 1. The Morgan fingerprint density at radius 3 is 2.57 bits per heavy atom. The molecule has 0 aromatic heterocycles. The van der Waals surface area contributed by atoms with Crippen molar-refractivity contribution in [2.24, 2.45) is 5.73 Å². The van der Waals surface area contributed by atoms with Gasteiger partial charge in [-0.15, -0.1) is 0 Å². The second kappa shape index (κ2) is 5.52. The van der Waals surface area contributed by atoms with Gasteiger partial charge in [0.25, 0.3) is 0 Å². The van der Waals surface area contributed by atoms with Crippen LogP contribution in [-0.4, -0.2) is 29.7 Å². The molecule has 0 radical (unpaired) electrons. The third-order valence-corrected chi connectivity index (χ3v) is 5.16. The largest absolute Gasteiger partial charge is 0.444 e. The van der Waals surface area contributed by atoms with Crippen molar-refractivity contribution < 1.29 is 9.53 Å². The van der Waals surface area contributed by atoms with Crippen LogP contribution in [0.2, 0.25) is 0 Å². The molecule has 23 heavy (non-hydrogen) atoms. The molecule has 1 aliphatic heterocycles. The van der Waals surface area contributed by atoms with Gasteiger partial charge in [-0.05, 0) is 58.1 Å². The van der Waals surface area contributed by atoms with Crippen molar-refractivity contribution in [2.45, 2.75) is 64.0 Å². The molecule has 1 unspecified atom stereocenters. The summed E-state index contributed by atoms with van der Waals surface area (Å²) in [4.78, 5) is 14.1. The van der Waals surface area contributed by atoms with Gasteiger partial charge < -0.3 is 15.4 Å². The fraction of sp³-hybridized carbons (Fsp3) is 0.632. The van der Waals surface area contributed by atoms with Gasteiger partial charge in [0.1, 0.15) is 5.60 Å². The first-order valence-electron chi connectivity index (χ1n) is 8.55. The summed E-state index contributed by atoms with van der Waals surface area (Å²) in [6.07, 6.45) is 2.74. The molecule has 1 aliphatic carbocycles. The van der Waals surface area contributed by atoms with Crippen LogP contribution in [0.3, 0.4) is 0 Å². The minimum atomic E-state index is -0.439. The molecule has 0 bridgehead atoms. The van der Waals surface area contributed by atoms with Crippen molar-refractivity contribution in [2.75, 3.05) is 13.1 Å². The zero-order valence-corrected chi connectivity index (χ0v) is 14.7. The van der Waals surface area contributed by atoms with Crippen LogP contribution in [-0.2, 0) is 10.2 Å². The number of ether oxygens (including phenoxy) is 1. The van der Waals surface area contributed by atoms with Gasteiger partial charge >= 0.3 is 6.09 Å². The average Bonchev–Trinajstić information content (AvgIpc) is 2.70. The molecule has 4 nitrogen and oxygen atoms in total. The lowest BCUT2D eigenvalue weighted by molar-refractivity contribution is 0.0162.